The van der Waals surface area contributed by atoms with E-state index in [1.165, 1.54) is 0 Å². The first-order valence-electron chi connectivity index (χ1n) is 13.1. The molecular formula is C24H47N7O5S. The number of hydrogen-bond donors (Lipinski definition) is 5. The van der Waals surface area contributed by atoms with Crippen LogP contribution in [0.25, 0.3) is 0 Å². The van der Waals surface area contributed by atoms with Gasteiger partial charge in [-0.3, -0.25) is 24.3 Å². The molecule has 12 nitrogen and oxygen atoms in total. The predicted octanol–water partition coefficient (Wildman–Crippen LogP) is 0.671. The van der Waals surface area contributed by atoms with Gasteiger partial charge in [0.2, 0.25) is 17.7 Å². The Morgan fingerprint density at radius 1 is 0.838 bits per heavy atom. The van der Waals surface area contributed by atoms with Crippen LogP contribution in [-0.2, 0) is 23.9 Å². The van der Waals surface area contributed by atoms with Gasteiger partial charge >= 0.3 is 0 Å². The molecule has 0 saturated heterocycles. The maximum Gasteiger partial charge on any atom is 0.234 e. The van der Waals surface area contributed by atoms with Gasteiger partial charge in [0.1, 0.15) is 0 Å². The predicted molar refractivity (Wildman–Crippen MR) is 150 cm³/mol. The van der Waals surface area contributed by atoms with Crippen LogP contribution in [0.5, 0.6) is 0 Å². The number of amides is 3. The standard InChI is InChI=1S/C24H47N7O5S/c1-3-31(4-2)20-24(34)28-14-16-36-18-17-35-15-13-27-22(32)10-6-5-7-12-26-19-21(29-25)9-8-11-23(33)30-37/h19,37H,3-18,20,25H2,1-2H3,(H,27,32)(H,28,34)(H,30,33)/b26-19?,29-21-. The zero-order valence-corrected chi connectivity index (χ0v) is 23.4. The van der Waals surface area contributed by atoms with Crippen LogP contribution in [0.3, 0.4) is 0 Å². The summed E-state index contributed by atoms with van der Waals surface area (Å²) in [6, 6.07) is 0. The quantitative estimate of drug-likeness (QED) is 0.0392. The van der Waals surface area contributed by atoms with Crippen molar-refractivity contribution in [2.24, 2.45) is 15.9 Å². The van der Waals surface area contributed by atoms with Crippen LogP contribution in [-0.4, -0.2) is 100 Å². The second-order valence-electron chi connectivity index (χ2n) is 8.24. The van der Waals surface area contributed by atoms with E-state index in [1.54, 1.807) is 6.21 Å². The molecule has 0 atom stereocenters. The molecule has 0 unspecified atom stereocenters. The second-order valence-corrected chi connectivity index (χ2v) is 8.46. The van der Waals surface area contributed by atoms with Crippen LogP contribution < -0.4 is 21.2 Å². The maximum atomic E-state index is 11.9. The third-order valence-electron chi connectivity index (χ3n) is 5.33. The molecular weight excluding hydrogens is 498 g/mol. The Morgan fingerprint density at radius 2 is 1.46 bits per heavy atom. The number of hydrazone groups is 1. The Kier molecular flexibility index (Phi) is 23.9. The fourth-order valence-corrected chi connectivity index (χ4v) is 3.24. The number of carbonyl (C=O) groups is 3. The van der Waals surface area contributed by atoms with Crippen molar-refractivity contribution in [2.45, 2.75) is 58.8 Å². The summed E-state index contributed by atoms with van der Waals surface area (Å²) in [7, 11) is 0. The molecule has 0 spiro atoms. The SMILES string of the molecule is CCN(CC)CC(=O)NCCOCCOCCNC(=O)CCCCCN=C/C(CCCC(=O)NS)=N\N. The van der Waals surface area contributed by atoms with Crippen molar-refractivity contribution in [3.8, 4) is 0 Å². The monoisotopic (exact) mass is 545 g/mol. The Hall–Kier alpha value is -2.22. The van der Waals surface area contributed by atoms with E-state index >= 15 is 0 Å². The number of unbranched alkanes of at least 4 members (excludes halogenated alkanes) is 2. The summed E-state index contributed by atoms with van der Waals surface area (Å²) in [5.41, 5.74) is 0.648. The number of likely N-dealkylation sites (N-methyl/N-ethyl adjacent to an activating group) is 1. The highest BCUT2D eigenvalue weighted by Gasteiger charge is 2.06. The highest BCUT2D eigenvalue weighted by atomic mass is 32.1. The molecule has 0 aromatic rings. The zero-order valence-electron chi connectivity index (χ0n) is 22.5. The van der Waals surface area contributed by atoms with Crippen molar-refractivity contribution < 1.29 is 23.9 Å². The number of ether oxygens (including phenoxy) is 2. The van der Waals surface area contributed by atoms with Gasteiger partial charge in [-0.15, -0.1) is 0 Å². The Balaban J connectivity index is 3.53. The lowest BCUT2D eigenvalue weighted by molar-refractivity contribution is -0.123. The van der Waals surface area contributed by atoms with E-state index in [4.69, 9.17) is 15.3 Å². The highest BCUT2D eigenvalue weighted by molar-refractivity contribution is 7.78. The van der Waals surface area contributed by atoms with E-state index in [1.807, 2.05) is 13.8 Å². The first kappa shape index (κ1) is 34.8. The molecule has 37 heavy (non-hydrogen) atoms. The average Bonchev–Trinajstić information content (AvgIpc) is 2.90. The zero-order chi connectivity index (χ0) is 27.6. The normalized spacial score (nSPS) is 11.7. The van der Waals surface area contributed by atoms with Crippen molar-refractivity contribution >= 4 is 42.5 Å². The summed E-state index contributed by atoms with van der Waals surface area (Å²) in [6.45, 7) is 9.48. The molecule has 0 saturated carbocycles. The molecule has 0 aliphatic heterocycles. The van der Waals surface area contributed by atoms with Crippen LogP contribution in [0, 0.1) is 0 Å². The number of rotatable bonds is 24. The van der Waals surface area contributed by atoms with Gasteiger partial charge < -0.3 is 30.7 Å². The lowest BCUT2D eigenvalue weighted by Crippen LogP contribution is -2.38. The van der Waals surface area contributed by atoms with Gasteiger partial charge in [-0.25, -0.2) is 0 Å². The van der Waals surface area contributed by atoms with Crippen LogP contribution in [0.15, 0.2) is 10.1 Å². The fraction of sp³-hybridized carbons (Fsp3) is 0.792. The third-order valence-corrected chi connectivity index (χ3v) is 5.58. The van der Waals surface area contributed by atoms with E-state index in [2.05, 4.69) is 43.2 Å². The van der Waals surface area contributed by atoms with Crippen molar-refractivity contribution in [3.63, 3.8) is 0 Å². The topological polar surface area (TPSA) is 160 Å². The van der Waals surface area contributed by atoms with Gasteiger partial charge in [-0.2, -0.15) is 5.10 Å². The number of aliphatic imine (C=N–C) groups is 1. The largest absolute Gasteiger partial charge is 0.377 e. The highest BCUT2D eigenvalue weighted by Crippen LogP contribution is 2.01. The summed E-state index contributed by atoms with van der Waals surface area (Å²) < 4.78 is 13.1. The molecule has 0 aromatic carbocycles. The van der Waals surface area contributed by atoms with Crippen molar-refractivity contribution in [1.29, 1.82) is 0 Å². The minimum atomic E-state index is -0.140. The minimum absolute atomic E-state index is 0.00385. The summed E-state index contributed by atoms with van der Waals surface area (Å²) in [5, 5.41) is 9.35. The van der Waals surface area contributed by atoms with Gasteiger partial charge in [0.15, 0.2) is 0 Å². The Labute approximate surface area is 227 Å². The van der Waals surface area contributed by atoms with Gasteiger partial charge in [-0.1, -0.05) is 33.1 Å². The smallest absolute Gasteiger partial charge is 0.234 e. The van der Waals surface area contributed by atoms with Crippen molar-refractivity contribution in [1.82, 2.24) is 20.3 Å². The average molecular weight is 546 g/mol. The molecule has 0 rings (SSSR count). The molecule has 0 radical (unpaired) electrons. The lowest BCUT2D eigenvalue weighted by Gasteiger charge is -2.17. The molecule has 0 aliphatic rings. The molecule has 5 N–H and O–H groups in total. The Bertz CT molecular complexity index is 676. The fourth-order valence-electron chi connectivity index (χ4n) is 3.13. The van der Waals surface area contributed by atoms with E-state index in [0.29, 0.717) is 84.0 Å². The first-order chi connectivity index (χ1) is 18.0. The molecule has 0 bridgehead atoms. The number of carbonyl (C=O) groups excluding carboxylic acids is 3. The van der Waals surface area contributed by atoms with E-state index in [9.17, 15) is 14.4 Å². The molecule has 0 aliphatic carbocycles. The first-order valence-corrected chi connectivity index (χ1v) is 13.5. The van der Waals surface area contributed by atoms with Gasteiger partial charge in [0, 0.05) is 38.7 Å². The molecule has 0 fully saturated rings. The number of nitrogens with zero attached hydrogens (tertiary/aromatic N) is 3. The van der Waals surface area contributed by atoms with Crippen LogP contribution in [0.2, 0.25) is 0 Å². The van der Waals surface area contributed by atoms with Crippen LogP contribution in [0.4, 0.5) is 0 Å². The van der Waals surface area contributed by atoms with E-state index < -0.39 is 0 Å². The molecule has 0 heterocycles. The Morgan fingerprint density at radius 3 is 2.05 bits per heavy atom. The van der Waals surface area contributed by atoms with Gasteiger partial charge in [0.25, 0.3) is 0 Å². The van der Waals surface area contributed by atoms with Gasteiger partial charge in [0.05, 0.1) is 38.7 Å². The maximum absolute atomic E-state index is 11.9. The molecule has 214 valence electrons. The minimum Gasteiger partial charge on any atom is -0.377 e. The van der Waals surface area contributed by atoms with E-state index in [-0.39, 0.29) is 17.7 Å². The van der Waals surface area contributed by atoms with E-state index in [0.717, 1.165) is 32.4 Å². The number of nitrogens with one attached hydrogen (secondary N) is 3. The van der Waals surface area contributed by atoms with Gasteiger partial charge in [-0.05, 0) is 38.8 Å². The summed E-state index contributed by atoms with van der Waals surface area (Å²) in [6.07, 6.45) is 6.23. The van der Waals surface area contributed by atoms with Crippen molar-refractivity contribution in [2.75, 3.05) is 65.7 Å². The lowest BCUT2D eigenvalue weighted by atomic mass is 10.1. The molecule has 0 aromatic heterocycles. The van der Waals surface area contributed by atoms with Crippen LogP contribution >= 0.6 is 12.8 Å². The van der Waals surface area contributed by atoms with Crippen LogP contribution in [0.1, 0.15) is 58.8 Å². The number of nitrogens with two attached hydrogens (primary N) is 1. The second kappa shape index (κ2) is 25.4. The third kappa shape index (κ3) is 22.7. The number of thiol groups is 1. The summed E-state index contributed by atoms with van der Waals surface area (Å²) >= 11 is 3.70. The number of hydrogen-bond acceptors (Lipinski definition) is 10. The van der Waals surface area contributed by atoms with Crippen molar-refractivity contribution in [3.05, 3.63) is 0 Å². The summed E-state index contributed by atoms with van der Waals surface area (Å²) in [4.78, 5) is 41.1. The summed E-state index contributed by atoms with van der Waals surface area (Å²) in [5.74, 6) is 5.22. The molecule has 13 heteroatoms. The molecule has 3 amide bonds.